The lowest BCUT2D eigenvalue weighted by molar-refractivity contribution is -0.141. The first-order valence-electron chi connectivity index (χ1n) is 7.99. The number of amidine groups is 1. The summed E-state index contributed by atoms with van der Waals surface area (Å²) in [6.45, 7) is 4.03. The predicted molar refractivity (Wildman–Crippen MR) is 92.6 cm³/mol. The second-order valence-electron chi connectivity index (χ2n) is 6.15. The van der Waals surface area contributed by atoms with Crippen LogP contribution in [0.2, 0.25) is 0 Å². The fraction of sp³-hybridized carbons (Fsp3) is 0.625. The number of thioether (sulfide) groups is 1. The van der Waals surface area contributed by atoms with E-state index in [2.05, 4.69) is 22.0 Å². The molecule has 0 aromatic rings. The SMILES string of the molecule is C=N/C=C1\C(=N/CSC)N(C2CCCC2)C(=O)C12CCNC2=O. The van der Waals surface area contributed by atoms with E-state index in [4.69, 9.17) is 0 Å². The molecule has 0 aromatic carbocycles. The van der Waals surface area contributed by atoms with E-state index >= 15 is 0 Å². The van der Waals surface area contributed by atoms with E-state index < -0.39 is 5.41 Å². The summed E-state index contributed by atoms with van der Waals surface area (Å²) in [4.78, 5) is 36.1. The van der Waals surface area contributed by atoms with E-state index in [-0.39, 0.29) is 17.9 Å². The second-order valence-corrected chi connectivity index (χ2v) is 6.99. The lowest BCUT2D eigenvalue weighted by Crippen LogP contribution is -2.44. The summed E-state index contributed by atoms with van der Waals surface area (Å²) < 4.78 is 0. The number of carbonyl (C=O) groups is 2. The first-order chi connectivity index (χ1) is 11.2. The van der Waals surface area contributed by atoms with Gasteiger partial charge in [0.1, 0.15) is 5.84 Å². The molecule has 2 amide bonds. The van der Waals surface area contributed by atoms with Gasteiger partial charge in [-0.05, 0) is 32.2 Å². The maximum absolute atomic E-state index is 13.3. The molecule has 124 valence electrons. The second kappa shape index (κ2) is 6.47. The van der Waals surface area contributed by atoms with Gasteiger partial charge in [0, 0.05) is 24.4 Å². The van der Waals surface area contributed by atoms with E-state index in [1.54, 1.807) is 22.9 Å². The van der Waals surface area contributed by atoms with Crippen LogP contribution in [-0.4, -0.2) is 54.0 Å². The van der Waals surface area contributed by atoms with Crippen molar-refractivity contribution in [3.8, 4) is 0 Å². The van der Waals surface area contributed by atoms with Crippen LogP contribution in [-0.2, 0) is 9.59 Å². The minimum Gasteiger partial charge on any atom is -0.355 e. The van der Waals surface area contributed by atoms with Crippen molar-refractivity contribution in [2.24, 2.45) is 15.4 Å². The Labute approximate surface area is 140 Å². The number of aliphatic imine (C=N–C) groups is 2. The average molecular weight is 334 g/mol. The molecular weight excluding hydrogens is 312 g/mol. The molecule has 6 nitrogen and oxygen atoms in total. The van der Waals surface area contributed by atoms with E-state index in [1.807, 2.05) is 6.26 Å². The zero-order chi connectivity index (χ0) is 16.4. The summed E-state index contributed by atoms with van der Waals surface area (Å²) in [5.74, 6) is 0.822. The van der Waals surface area contributed by atoms with Gasteiger partial charge in [-0.15, -0.1) is 11.8 Å². The molecule has 0 aromatic heterocycles. The monoisotopic (exact) mass is 334 g/mol. The molecule has 1 aliphatic carbocycles. The average Bonchev–Trinajstić information content (AvgIpc) is 3.23. The summed E-state index contributed by atoms with van der Waals surface area (Å²) in [7, 11) is 0. The van der Waals surface area contributed by atoms with Gasteiger partial charge in [0.15, 0.2) is 5.41 Å². The fourth-order valence-electron chi connectivity index (χ4n) is 3.87. The molecule has 0 radical (unpaired) electrons. The van der Waals surface area contributed by atoms with Gasteiger partial charge in [-0.25, -0.2) is 0 Å². The van der Waals surface area contributed by atoms with Gasteiger partial charge < -0.3 is 5.32 Å². The van der Waals surface area contributed by atoms with Crippen LogP contribution in [0.3, 0.4) is 0 Å². The maximum Gasteiger partial charge on any atom is 0.248 e. The molecule has 1 spiro atoms. The minimum atomic E-state index is -1.15. The number of likely N-dealkylation sites (tertiary alicyclic amines) is 1. The van der Waals surface area contributed by atoms with Crippen molar-refractivity contribution < 1.29 is 9.59 Å². The predicted octanol–water partition coefficient (Wildman–Crippen LogP) is 1.58. The standard InChI is InChI=1S/C16H22N4O2S/c1-17-9-12-13(19-10-23-2)20(11-5-3-4-6-11)15(22)16(12)7-8-18-14(16)21/h9,11H,1,3-8,10H2,2H3,(H,18,21)/b12-9+,19-13+. The lowest BCUT2D eigenvalue weighted by atomic mass is 9.80. The molecule has 1 unspecified atom stereocenters. The maximum atomic E-state index is 13.3. The van der Waals surface area contributed by atoms with E-state index in [0.29, 0.717) is 30.3 Å². The quantitative estimate of drug-likeness (QED) is 0.626. The van der Waals surface area contributed by atoms with Crippen LogP contribution >= 0.6 is 11.8 Å². The lowest BCUT2D eigenvalue weighted by Gasteiger charge is -2.25. The van der Waals surface area contributed by atoms with E-state index in [1.165, 1.54) is 0 Å². The smallest absolute Gasteiger partial charge is 0.248 e. The van der Waals surface area contributed by atoms with Crippen molar-refractivity contribution in [3.05, 3.63) is 11.8 Å². The van der Waals surface area contributed by atoms with Gasteiger partial charge in [-0.3, -0.25) is 24.5 Å². The minimum absolute atomic E-state index is 0.130. The van der Waals surface area contributed by atoms with Crippen molar-refractivity contribution in [3.63, 3.8) is 0 Å². The van der Waals surface area contributed by atoms with Crippen molar-refractivity contribution in [2.75, 3.05) is 18.7 Å². The number of hydrogen-bond acceptors (Lipinski definition) is 5. The van der Waals surface area contributed by atoms with Gasteiger partial charge in [0.05, 0.1) is 5.88 Å². The largest absolute Gasteiger partial charge is 0.355 e. The van der Waals surface area contributed by atoms with Crippen LogP contribution in [0.4, 0.5) is 0 Å². The number of carbonyl (C=O) groups excluding carboxylic acids is 2. The third-order valence-electron chi connectivity index (χ3n) is 4.94. The Hall–Kier alpha value is -1.63. The fourth-order valence-corrected chi connectivity index (χ4v) is 4.13. The topological polar surface area (TPSA) is 74.1 Å². The molecule has 2 saturated heterocycles. The highest BCUT2D eigenvalue weighted by atomic mass is 32.2. The molecule has 7 heteroatoms. The Morgan fingerprint density at radius 1 is 1.43 bits per heavy atom. The Morgan fingerprint density at radius 2 is 2.17 bits per heavy atom. The molecular formula is C16H22N4O2S. The third-order valence-corrected chi connectivity index (χ3v) is 5.33. The zero-order valence-electron chi connectivity index (χ0n) is 13.4. The normalized spacial score (nSPS) is 31.8. The summed E-state index contributed by atoms with van der Waals surface area (Å²) in [5.41, 5.74) is -0.533. The van der Waals surface area contributed by atoms with Crippen LogP contribution in [0.15, 0.2) is 21.8 Å². The Morgan fingerprint density at radius 3 is 2.74 bits per heavy atom. The molecule has 3 rings (SSSR count). The molecule has 2 aliphatic heterocycles. The molecule has 1 N–H and O–H groups in total. The highest BCUT2D eigenvalue weighted by Gasteiger charge is 2.62. The first kappa shape index (κ1) is 16.2. The van der Waals surface area contributed by atoms with Crippen LogP contribution in [0.1, 0.15) is 32.1 Å². The molecule has 1 atom stereocenters. The number of rotatable bonds is 4. The van der Waals surface area contributed by atoms with Crippen LogP contribution in [0.25, 0.3) is 0 Å². The van der Waals surface area contributed by atoms with Crippen LogP contribution in [0, 0.1) is 5.41 Å². The van der Waals surface area contributed by atoms with Crippen molar-refractivity contribution in [1.29, 1.82) is 0 Å². The highest BCUT2D eigenvalue weighted by molar-refractivity contribution is 7.98. The number of hydrogen-bond donors (Lipinski definition) is 1. The Balaban J connectivity index is 2.12. The van der Waals surface area contributed by atoms with Crippen molar-refractivity contribution >= 4 is 36.1 Å². The summed E-state index contributed by atoms with van der Waals surface area (Å²) in [6.07, 6.45) is 8.15. The highest BCUT2D eigenvalue weighted by Crippen LogP contribution is 2.46. The summed E-state index contributed by atoms with van der Waals surface area (Å²) >= 11 is 1.59. The van der Waals surface area contributed by atoms with Gasteiger partial charge in [0.2, 0.25) is 11.8 Å². The van der Waals surface area contributed by atoms with Gasteiger partial charge in [0.25, 0.3) is 0 Å². The van der Waals surface area contributed by atoms with Crippen LogP contribution in [0.5, 0.6) is 0 Å². The molecule has 23 heavy (non-hydrogen) atoms. The van der Waals surface area contributed by atoms with Crippen LogP contribution < -0.4 is 5.32 Å². The number of amides is 2. The number of nitrogens with zero attached hydrogens (tertiary/aromatic N) is 3. The van der Waals surface area contributed by atoms with Gasteiger partial charge in [-0.2, -0.15) is 0 Å². The zero-order valence-corrected chi connectivity index (χ0v) is 14.2. The first-order valence-corrected chi connectivity index (χ1v) is 9.38. The molecule has 0 bridgehead atoms. The van der Waals surface area contributed by atoms with Gasteiger partial charge in [-0.1, -0.05) is 12.8 Å². The molecule has 1 saturated carbocycles. The number of nitrogens with one attached hydrogen (secondary N) is 1. The molecule has 3 aliphatic rings. The van der Waals surface area contributed by atoms with E-state index in [0.717, 1.165) is 25.7 Å². The Kier molecular flexibility index (Phi) is 4.57. The molecule has 2 heterocycles. The Bertz CT molecular complexity index is 595. The van der Waals surface area contributed by atoms with Crippen molar-refractivity contribution in [2.45, 2.75) is 38.1 Å². The summed E-state index contributed by atoms with van der Waals surface area (Å²) in [6, 6.07) is 0.143. The van der Waals surface area contributed by atoms with Crippen molar-refractivity contribution in [1.82, 2.24) is 10.2 Å². The van der Waals surface area contributed by atoms with E-state index in [9.17, 15) is 9.59 Å². The van der Waals surface area contributed by atoms with Gasteiger partial charge >= 0.3 is 0 Å². The molecule has 3 fully saturated rings. The third kappa shape index (κ3) is 2.41. The summed E-state index contributed by atoms with van der Waals surface area (Å²) in [5, 5.41) is 2.81.